The molecule has 36 heavy (non-hydrogen) atoms. The minimum absolute atomic E-state index is 0.00197. The van der Waals surface area contributed by atoms with Crippen LogP contribution < -0.4 is 10.2 Å². The van der Waals surface area contributed by atoms with Gasteiger partial charge in [-0.25, -0.2) is 9.97 Å². The average Bonchev–Trinajstić information content (AvgIpc) is 3.33. The van der Waals surface area contributed by atoms with Gasteiger partial charge < -0.3 is 10.2 Å². The zero-order valence-electron chi connectivity index (χ0n) is 19.3. The van der Waals surface area contributed by atoms with E-state index in [2.05, 4.69) is 15.3 Å². The number of hydrogen-bond acceptors (Lipinski definition) is 7. The number of imidazole rings is 1. The summed E-state index contributed by atoms with van der Waals surface area (Å²) in [5.41, 5.74) is 3.31. The molecular weight excluding hydrogens is 458 g/mol. The lowest BCUT2D eigenvalue weighted by molar-refractivity contribution is -0.384. The Bertz CT molecular complexity index is 1570. The van der Waals surface area contributed by atoms with Crippen molar-refractivity contribution in [2.24, 2.45) is 0 Å². The third kappa shape index (κ3) is 4.47. The Labute approximate surface area is 206 Å². The van der Waals surface area contributed by atoms with Gasteiger partial charge in [-0.2, -0.15) is 4.98 Å². The first-order chi connectivity index (χ1) is 17.5. The Kier molecular flexibility index (Phi) is 6.06. The van der Waals surface area contributed by atoms with Crippen LogP contribution in [0.1, 0.15) is 17.3 Å². The van der Waals surface area contributed by atoms with Crippen LogP contribution in [0.25, 0.3) is 16.9 Å². The van der Waals surface area contributed by atoms with Crippen molar-refractivity contribution in [2.75, 3.05) is 16.8 Å². The molecule has 0 saturated carbocycles. The molecule has 5 rings (SSSR count). The number of rotatable bonds is 7. The molecule has 0 aliphatic carbocycles. The molecule has 1 N–H and O–H groups in total. The molecule has 3 aromatic carbocycles. The zero-order valence-corrected chi connectivity index (χ0v) is 19.3. The lowest BCUT2D eigenvalue weighted by Gasteiger charge is -2.21. The quantitative estimate of drug-likeness (QED) is 0.254. The monoisotopic (exact) mass is 479 g/mol. The standard InChI is InChI=1S/C26H21N7O3/c1-2-31(20-9-6-10-21(16-20)33(35)36)26-27-14-13-24(30-26)32-17-28-22-15-19(11-12-23(22)32)29-25(34)18-7-4-3-5-8-18/h3-17H,2H2,1H3,(H,29,34). The van der Waals surface area contributed by atoms with Crippen LogP contribution in [0.3, 0.4) is 0 Å². The predicted octanol–water partition coefficient (Wildman–Crippen LogP) is 5.13. The first-order valence-corrected chi connectivity index (χ1v) is 11.2. The highest BCUT2D eigenvalue weighted by atomic mass is 16.6. The summed E-state index contributed by atoms with van der Waals surface area (Å²) in [6.07, 6.45) is 3.29. The number of amides is 1. The highest BCUT2D eigenvalue weighted by Crippen LogP contribution is 2.27. The van der Waals surface area contributed by atoms with Crippen LogP contribution in [0.4, 0.5) is 23.0 Å². The van der Waals surface area contributed by atoms with E-state index in [9.17, 15) is 14.9 Å². The van der Waals surface area contributed by atoms with Gasteiger partial charge in [0.15, 0.2) is 0 Å². The molecule has 0 aliphatic rings. The number of fused-ring (bicyclic) bond motifs is 1. The summed E-state index contributed by atoms with van der Waals surface area (Å²) in [4.78, 5) is 38.6. The molecule has 178 valence electrons. The third-order valence-electron chi connectivity index (χ3n) is 5.63. The van der Waals surface area contributed by atoms with Crippen molar-refractivity contribution in [2.45, 2.75) is 6.92 Å². The van der Waals surface area contributed by atoms with E-state index in [4.69, 9.17) is 4.98 Å². The Morgan fingerprint density at radius 3 is 2.64 bits per heavy atom. The maximum atomic E-state index is 12.5. The summed E-state index contributed by atoms with van der Waals surface area (Å²) in [5, 5.41) is 14.1. The third-order valence-corrected chi connectivity index (χ3v) is 5.63. The number of nitrogens with one attached hydrogen (secondary N) is 1. The number of carbonyl (C=O) groups is 1. The number of benzene rings is 3. The topological polar surface area (TPSA) is 119 Å². The molecule has 5 aromatic rings. The maximum absolute atomic E-state index is 12.5. The summed E-state index contributed by atoms with van der Waals surface area (Å²) >= 11 is 0. The lowest BCUT2D eigenvalue weighted by Crippen LogP contribution is -2.19. The second-order valence-corrected chi connectivity index (χ2v) is 7.87. The number of nitrogens with zero attached hydrogens (tertiary/aromatic N) is 6. The van der Waals surface area contributed by atoms with E-state index in [-0.39, 0.29) is 11.6 Å². The largest absolute Gasteiger partial charge is 0.322 e. The Morgan fingerprint density at radius 2 is 1.86 bits per heavy atom. The molecule has 0 unspecified atom stereocenters. The summed E-state index contributed by atoms with van der Waals surface area (Å²) in [7, 11) is 0. The van der Waals surface area contributed by atoms with E-state index in [0.29, 0.717) is 40.8 Å². The van der Waals surface area contributed by atoms with Crippen LogP contribution in [-0.2, 0) is 0 Å². The lowest BCUT2D eigenvalue weighted by atomic mass is 10.2. The van der Waals surface area contributed by atoms with Gasteiger partial charge in [-0.1, -0.05) is 24.3 Å². The second-order valence-electron chi connectivity index (χ2n) is 7.87. The fraction of sp³-hybridized carbons (Fsp3) is 0.0769. The minimum Gasteiger partial charge on any atom is -0.322 e. The van der Waals surface area contributed by atoms with Crippen molar-refractivity contribution in [1.82, 2.24) is 19.5 Å². The molecule has 0 atom stereocenters. The maximum Gasteiger partial charge on any atom is 0.271 e. The van der Waals surface area contributed by atoms with Crippen LogP contribution in [0.5, 0.6) is 0 Å². The van der Waals surface area contributed by atoms with E-state index < -0.39 is 4.92 Å². The van der Waals surface area contributed by atoms with Crippen molar-refractivity contribution >= 4 is 40.0 Å². The van der Waals surface area contributed by atoms with Crippen molar-refractivity contribution in [3.8, 4) is 5.82 Å². The van der Waals surface area contributed by atoms with E-state index in [1.165, 1.54) is 12.1 Å². The van der Waals surface area contributed by atoms with Gasteiger partial charge in [0.2, 0.25) is 5.95 Å². The van der Waals surface area contributed by atoms with Crippen molar-refractivity contribution in [3.05, 3.63) is 107 Å². The minimum atomic E-state index is -0.428. The van der Waals surface area contributed by atoms with Crippen molar-refractivity contribution in [1.29, 1.82) is 0 Å². The van der Waals surface area contributed by atoms with Gasteiger partial charge in [0.1, 0.15) is 12.1 Å². The Morgan fingerprint density at radius 1 is 1.03 bits per heavy atom. The van der Waals surface area contributed by atoms with Crippen molar-refractivity contribution in [3.63, 3.8) is 0 Å². The molecular formula is C26H21N7O3. The normalized spacial score (nSPS) is 10.8. The fourth-order valence-corrected chi connectivity index (χ4v) is 3.88. The smallest absolute Gasteiger partial charge is 0.271 e. The van der Waals surface area contributed by atoms with Crippen LogP contribution in [0.2, 0.25) is 0 Å². The number of carbonyl (C=O) groups excluding carboxylic acids is 1. The number of nitro groups is 1. The van der Waals surface area contributed by atoms with Gasteiger partial charge >= 0.3 is 0 Å². The van der Waals surface area contributed by atoms with Gasteiger partial charge in [-0.3, -0.25) is 19.5 Å². The number of hydrogen-bond donors (Lipinski definition) is 1. The summed E-state index contributed by atoms with van der Waals surface area (Å²) in [6.45, 7) is 2.44. The number of anilines is 3. The molecule has 0 saturated heterocycles. The second kappa shape index (κ2) is 9.63. The van der Waals surface area contributed by atoms with Crippen molar-refractivity contribution < 1.29 is 9.72 Å². The van der Waals surface area contributed by atoms with Gasteiger partial charge in [0, 0.05) is 36.1 Å². The molecule has 0 spiro atoms. The summed E-state index contributed by atoms with van der Waals surface area (Å²) < 4.78 is 1.82. The van der Waals surface area contributed by atoms with E-state index >= 15 is 0 Å². The molecule has 1 amide bonds. The van der Waals surface area contributed by atoms with Gasteiger partial charge in [0.25, 0.3) is 11.6 Å². The van der Waals surface area contributed by atoms with Gasteiger partial charge in [0.05, 0.1) is 21.6 Å². The highest BCUT2D eigenvalue weighted by Gasteiger charge is 2.16. The SMILES string of the molecule is CCN(c1cccc([N+](=O)[O-])c1)c1nccc(-n2cnc3cc(NC(=O)c4ccccc4)ccc32)n1. The van der Waals surface area contributed by atoms with Crippen LogP contribution in [0.15, 0.2) is 91.4 Å². The molecule has 2 aromatic heterocycles. The Hall–Kier alpha value is -5.12. The molecule has 0 aliphatic heterocycles. The number of non-ortho nitro benzene ring substituents is 1. The summed E-state index contributed by atoms with van der Waals surface area (Å²) in [5.74, 6) is 0.798. The molecule has 0 fully saturated rings. The average molecular weight is 480 g/mol. The molecule has 0 bridgehead atoms. The van der Waals surface area contributed by atoms with Crippen LogP contribution in [0, 0.1) is 10.1 Å². The fourth-order valence-electron chi connectivity index (χ4n) is 3.88. The Balaban J connectivity index is 1.44. The zero-order chi connectivity index (χ0) is 25.1. The van der Waals surface area contributed by atoms with Gasteiger partial charge in [-0.15, -0.1) is 0 Å². The molecule has 2 heterocycles. The van der Waals surface area contributed by atoms with Crippen LogP contribution >= 0.6 is 0 Å². The molecule has 0 radical (unpaired) electrons. The first kappa shape index (κ1) is 22.7. The highest BCUT2D eigenvalue weighted by molar-refractivity contribution is 6.05. The number of aromatic nitrogens is 4. The van der Waals surface area contributed by atoms with E-state index in [0.717, 1.165) is 5.52 Å². The predicted molar refractivity (Wildman–Crippen MR) is 137 cm³/mol. The molecule has 10 nitrogen and oxygen atoms in total. The van der Waals surface area contributed by atoms with Crippen LogP contribution in [-0.4, -0.2) is 36.9 Å². The van der Waals surface area contributed by atoms with E-state index in [1.807, 2.05) is 41.8 Å². The molecule has 10 heteroatoms. The first-order valence-electron chi connectivity index (χ1n) is 11.2. The summed E-state index contributed by atoms with van der Waals surface area (Å²) in [6, 6.07) is 22.6. The number of nitro benzene ring substituents is 1. The van der Waals surface area contributed by atoms with Gasteiger partial charge in [-0.05, 0) is 49.4 Å². The van der Waals surface area contributed by atoms with E-state index in [1.54, 1.807) is 53.8 Å².